The fourth-order valence-corrected chi connectivity index (χ4v) is 6.95. The molecule has 4 aliphatic heterocycles. The van der Waals surface area contributed by atoms with Gasteiger partial charge < -0.3 is 24.0 Å². The molecule has 1 saturated carbocycles. The highest BCUT2D eigenvalue weighted by atomic mass is 16.5. The quantitative estimate of drug-likeness (QED) is 0.516. The summed E-state index contributed by atoms with van der Waals surface area (Å²) in [5, 5.41) is 9.80. The lowest BCUT2D eigenvalue weighted by Crippen LogP contribution is -2.66. The molecule has 6 rings (SSSR count). The number of amides is 1. The maximum atomic E-state index is 14.0. The Morgan fingerprint density at radius 3 is 2.72 bits per heavy atom. The molecule has 8 nitrogen and oxygen atoms in total. The molecule has 3 fully saturated rings. The van der Waals surface area contributed by atoms with Gasteiger partial charge in [-0.3, -0.25) is 9.59 Å². The zero-order valence-corrected chi connectivity index (χ0v) is 18.2. The summed E-state index contributed by atoms with van der Waals surface area (Å²) in [6.45, 7) is 1.37. The highest BCUT2D eigenvalue weighted by molar-refractivity contribution is 6.06. The number of rotatable bonds is 2. The summed E-state index contributed by atoms with van der Waals surface area (Å²) in [4.78, 5) is 31.1. The third-order valence-electron chi connectivity index (χ3n) is 8.25. The summed E-state index contributed by atoms with van der Waals surface area (Å²) in [6.07, 6.45) is 5.27. The minimum Gasteiger partial charge on any atom is -0.493 e. The number of ketones is 1. The molecule has 32 heavy (non-hydrogen) atoms. The van der Waals surface area contributed by atoms with E-state index in [0.29, 0.717) is 50.5 Å². The number of fused-ring (bicyclic) bond motifs is 2. The number of anilines is 1. The second kappa shape index (κ2) is 6.72. The molecule has 0 aromatic heterocycles. The number of Topliss-reactive ketones (excluding diaryl/α,β-unsaturated/α-hetero) is 1. The minimum atomic E-state index is -0.886. The van der Waals surface area contributed by atoms with Crippen LogP contribution in [0.2, 0.25) is 0 Å². The number of ether oxygens (including phenoxy) is 3. The molecule has 0 unspecified atom stereocenters. The molecule has 1 amide bonds. The van der Waals surface area contributed by atoms with Gasteiger partial charge in [0, 0.05) is 31.5 Å². The van der Waals surface area contributed by atoms with E-state index in [-0.39, 0.29) is 35.7 Å². The summed E-state index contributed by atoms with van der Waals surface area (Å²) in [5.74, 6) is 1.15. The number of nitriles is 1. The first-order valence-corrected chi connectivity index (χ1v) is 11.1. The maximum absolute atomic E-state index is 14.0. The van der Waals surface area contributed by atoms with E-state index >= 15 is 0 Å². The van der Waals surface area contributed by atoms with E-state index in [0.717, 1.165) is 16.8 Å². The van der Waals surface area contributed by atoms with Crippen LogP contribution in [0, 0.1) is 23.3 Å². The largest absolute Gasteiger partial charge is 0.493 e. The number of benzene rings is 1. The fraction of sp³-hybridized carbons (Fsp3) is 0.542. The van der Waals surface area contributed by atoms with Crippen LogP contribution in [-0.4, -0.2) is 62.7 Å². The lowest BCUT2D eigenvalue weighted by molar-refractivity contribution is -0.140. The first kappa shape index (κ1) is 19.6. The lowest BCUT2D eigenvalue weighted by Gasteiger charge is -2.53. The van der Waals surface area contributed by atoms with Gasteiger partial charge in [0.1, 0.15) is 5.78 Å². The van der Waals surface area contributed by atoms with E-state index in [2.05, 4.69) is 6.19 Å². The molecule has 4 bridgehead atoms. The average Bonchev–Trinajstić information content (AvgIpc) is 3.03. The summed E-state index contributed by atoms with van der Waals surface area (Å²) < 4.78 is 17.3. The smallest absolute Gasteiger partial charge is 0.229 e. The van der Waals surface area contributed by atoms with E-state index < -0.39 is 5.41 Å². The van der Waals surface area contributed by atoms with E-state index in [1.54, 1.807) is 19.1 Å². The summed E-state index contributed by atoms with van der Waals surface area (Å²) in [5.41, 5.74) is 1.74. The molecule has 1 aliphatic carbocycles. The Balaban J connectivity index is 1.65. The first-order chi connectivity index (χ1) is 15.5. The molecule has 0 N–H and O–H groups in total. The van der Waals surface area contributed by atoms with Crippen molar-refractivity contribution in [2.75, 3.05) is 38.8 Å². The predicted molar refractivity (Wildman–Crippen MR) is 113 cm³/mol. The molecule has 5 aliphatic rings. The fourth-order valence-electron chi connectivity index (χ4n) is 6.95. The van der Waals surface area contributed by atoms with Crippen LogP contribution in [0.25, 0.3) is 0 Å². The van der Waals surface area contributed by atoms with Crippen LogP contribution in [0.4, 0.5) is 5.69 Å². The summed E-state index contributed by atoms with van der Waals surface area (Å²) in [6, 6.07) is 3.37. The molecule has 0 radical (unpaired) electrons. The van der Waals surface area contributed by atoms with Gasteiger partial charge in [-0.2, -0.15) is 5.26 Å². The summed E-state index contributed by atoms with van der Waals surface area (Å²) in [7, 11) is 3.14. The van der Waals surface area contributed by atoms with E-state index in [4.69, 9.17) is 14.2 Å². The number of methoxy groups -OCH3 is 2. The van der Waals surface area contributed by atoms with Crippen molar-refractivity contribution in [3.8, 4) is 17.7 Å². The topological polar surface area (TPSA) is 92.1 Å². The van der Waals surface area contributed by atoms with Gasteiger partial charge in [-0.15, -0.1) is 0 Å². The number of piperidine rings is 1. The Kier molecular flexibility index (Phi) is 4.12. The number of carbonyl (C=O) groups is 2. The monoisotopic (exact) mass is 435 g/mol. The second-order valence-electron chi connectivity index (χ2n) is 9.34. The molecule has 166 valence electrons. The number of carbonyl (C=O) groups excluding carboxylic acids is 2. The van der Waals surface area contributed by atoms with Crippen molar-refractivity contribution in [1.29, 1.82) is 5.26 Å². The van der Waals surface area contributed by atoms with Crippen LogP contribution >= 0.6 is 0 Å². The average molecular weight is 435 g/mol. The molecular weight excluding hydrogens is 410 g/mol. The van der Waals surface area contributed by atoms with Gasteiger partial charge >= 0.3 is 0 Å². The van der Waals surface area contributed by atoms with Crippen LogP contribution in [0.1, 0.15) is 24.8 Å². The van der Waals surface area contributed by atoms with Crippen LogP contribution in [-0.2, 0) is 19.7 Å². The van der Waals surface area contributed by atoms with Gasteiger partial charge in [-0.05, 0) is 29.5 Å². The molecule has 1 aromatic rings. The molecule has 8 heteroatoms. The van der Waals surface area contributed by atoms with Crippen molar-refractivity contribution < 1.29 is 23.8 Å². The van der Waals surface area contributed by atoms with Crippen LogP contribution < -0.4 is 14.4 Å². The highest BCUT2D eigenvalue weighted by Gasteiger charge is 2.68. The third-order valence-corrected chi connectivity index (χ3v) is 8.25. The molecular formula is C24H25N3O5. The van der Waals surface area contributed by atoms with Crippen molar-refractivity contribution in [3.63, 3.8) is 0 Å². The zero-order valence-electron chi connectivity index (χ0n) is 18.2. The van der Waals surface area contributed by atoms with Gasteiger partial charge in [-0.1, -0.05) is 6.08 Å². The Labute approximate surface area is 186 Å². The van der Waals surface area contributed by atoms with Crippen molar-refractivity contribution in [1.82, 2.24) is 4.90 Å². The van der Waals surface area contributed by atoms with Crippen molar-refractivity contribution in [2.45, 2.75) is 36.8 Å². The normalized spacial score (nSPS) is 34.6. The number of hydrogen-bond donors (Lipinski definition) is 0. The first-order valence-electron chi connectivity index (χ1n) is 11.1. The second-order valence-corrected chi connectivity index (χ2v) is 9.34. The SMILES string of the molecule is COc1cc2c(cc1OC)[C@@]13CCN(C#N)CC4=CCO[C@H]5CC(=O)N2[C@H]1[C@H]5[C@H]4CC3=O. The Hall–Kier alpha value is -3.05. The van der Waals surface area contributed by atoms with Gasteiger partial charge in [0.2, 0.25) is 5.91 Å². The van der Waals surface area contributed by atoms with Gasteiger partial charge in [0.25, 0.3) is 0 Å². The van der Waals surface area contributed by atoms with Crippen molar-refractivity contribution >= 4 is 17.4 Å². The van der Waals surface area contributed by atoms with Gasteiger partial charge in [-0.25, -0.2) is 0 Å². The third kappa shape index (κ3) is 2.29. The zero-order chi connectivity index (χ0) is 22.2. The molecule has 1 aromatic carbocycles. The molecule has 2 saturated heterocycles. The lowest BCUT2D eigenvalue weighted by atomic mass is 9.55. The van der Waals surface area contributed by atoms with E-state index in [1.807, 2.05) is 23.1 Å². The maximum Gasteiger partial charge on any atom is 0.229 e. The van der Waals surface area contributed by atoms with Gasteiger partial charge in [0.15, 0.2) is 17.7 Å². The van der Waals surface area contributed by atoms with E-state index in [1.165, 1.54) is 0 Å². The van der Waals surface area contributed by atoms with Crippen molar-refractivity contribution in [3.05, 3.63) is 29.3 Å². The summed E-state index contributed by atoms with van der Waals surface area (Å²) >= 11 is 0. The Bertz CT molecular complexity index is 1110. The predicted octanol–water partition coefficient (Wildman–Crippen LogP) is 1.78. The van der Waals surface area contributed by atoms with E-state index in [9.17, 15) is 14.9 Å². The Morgan fingerprint density at radius 1 is 1.19 bits per heavy atom. The highest BCUT2D eigenvalue weighted by Crippen LogP contribution is 2.61. The number of nitrogens with zero attached hydrogens (tertiary/aromatic N) is 3. The molecule has 0 spiro atoms. The Morgan fingerprint density at radius 2 is 1.97 bits per heavy atom. The van der Waals surface area contributed by atoms with Crippen LogP contribution in [0.15, 0.2) is 23.8 Å². The molecule has 5 atom stereocenters. The number of hydrogen-bond acceptors (Lipinski definition) is 7. The minimum absolute atomic E-state index is 0.00202. The van der Waals surface area contributed by atoms with Crippen LogP contribution in [0.5, 0.6) is 11.5 Å². The van der Waals surface area contributed by atoms with Gasteiger partial charge in [0.05, 0.1) is 50.5 Å². The molecule has 4 heterocycles. The van der Waals surface area contributed by atoms with Crippen LogP contribution in [0.3, 0.4) is 0 Å². The standard InChI is InChI=1S/C24H25N3O5/c1-30-17-8-15-16(9-18(17)31-2)27-21(29)10-19-22-14-7-20(28)24(15,23(22)27)4-5-26(12-25)11-13(14)3-6-32-19/h3,8-9,14,19,22-23H,4-7,10-11H2,1-2H3/t14-,19-,22-,23-,24+/m0/s1. The van der Waals surface area contributed by atoms with Crippen molar-refractivity contribution in [2.24, 2.45) is 11.8 Å².